The molecule has 1 aromatic carbocycles. The normalized spacial score (nSPS) is 16.2. The van der Waals surface area contributed by atoms with E-state index in [1.54, 1.807) is 13.0 Å². The van der Waals surface area contributed by atoms with E-state index >= 15 is 0 Å². The zero-order valence-corrected chi connectivity index (χ0v) is 14.4. The molecule has 6 heteroatoms. The smallest absolute Gasteiger partial charge is 0.319 e. The van der Waals surface area contributed by atoms with Gasteiger partial charge in [0.05, 0.1) is 18.8 Å². The molecule has 1 heterocycles. The minimum absolute atomic E-state index is 0.129. The minimum Gasteiger partial charge on any atom is -0.491 e. The minimum atomic E-state index is -1.09. The second-order valence-corrected chi connectivity index (χ2v) is 7.26. The molecule has 3 N–H and O–H groups in total. The molecule has 0 radical (unpaired) electrons. The maximum atomic E-state index is 12.1. The lowest BCUT2D eigenvalue weighted by atomic mass is 10.1. The van der Waals surface area contributed by atoms with Crippen LogP contribution in [-0.2, 0) is 5.60 Å². The number of urea groups is 1. The van der Waals surface area contributed by atoms with E-state index in [1.807, 2.05) is 35.7 Å². The van der Waals surface area contributed by atoms with Crippen LogP contribution in [-0.4, -0.2) is 24.3 Å². The monoisotopic (exact) mass is 346 g/mol. The van der Waals surface area contributed by atoms with Gasteiger partial charge in [-0.3, -0.25) is 0 Å². The topological polar surface area (TPSA) is 70.6 Å². The number of amides is 2. The Bertz CT molecular complexity index is 681. The summed E-state index contributed by atoms with van der Waals surface area (Å²) in [6, 6.07) is 10.7. The van der Waals surface area contributed by atoms with Crippen molar-refractivity contribution in [2.24, 2.45) is 5.92 Å². The number of thiophene rings is 1. The Morgan fingerprint density at radius 1 is 1.33 bits per heavy atom. The number of anilines is 1. The van der Waals surface area contributed by atoms with Gasteiger partial charge < -0.3 is 20.5 Å². The highest BCUT2D eigenvalue weighted by atomic mass is 32.1. The quantitative estimate of drug-likeness (QED) is 0.718. The van der Waals surface area contributed by atoms with E-state index in [0.717, 1.165) is 4.88 Å². The van der Waals surface area contributed by atoms with E-state index < -0.39 is 5.60 Å². The average molecular weight is 346 g/mol. The molecule has 1 aliphatic carbocycles. The summed E-state index contributed by atoms with van der Waals surface area (Å²) in [5.74, 6) is 1.32. The van der Waals surface area contributed by atoms with Crippen molar-refractivity contribution in [2.45, 2.75) is 25.4 Å². The number of carbonyl (C=O) groups is 1. The van der Waals surface area contributed by atoms with Gasteiger partial charge in [0.2, 0.25) is 0 Å². The highest BCUT2D eigenvalue weighted by Crippen LogP contribution is 2.31. The van der Waals surface area contributed by atoms with Gasteiger partial charge in [0.15, 0.2) is 0 Å². The van der Waals surface area contributed by atoms with Crippen molar-refractivity contribution in [2.75, 3.05) is 18.5 Å². The van der Waals surface area contributed by atoms with Gasteiger partial charge in [-0.05, 0) is 49.3 Å². The van der Waals surface area contributed by atoms with E-state index in [-0.39, 0.29) is 12.6 Å². The molecule has 3 rings (SSSR count). The van der Waals surface area contributed by atoms with Crippen LogP contribution in [0.15, 0.2) is 41.8 Å². The highest BCUT2D eigenvalue weighted by Gasteiger charge is 2.25. The second-order valence-electron chi connectivity index (χ2n) is 6.31. The van der Waals surface area contributed by atoms with Crippen molar-refractivity contribution in [3.8, 4) is 5.75 Å². The fraction of sp³-hybridized carbons (Fsp3) is 0.389. The van der Waals surface area contributed by atoms with Crippen LogP contribution in [0.5, 0.6) is 5.75 Å². The molecular formula is C18H22N2O3S. The predicted molar refractivity (Wildman–Crippen MR) is 95.6 cm³/mol. The fourth-order valence-electron chi connectivity index (χ4n) is 2.28. The van der Waals surface area contributed by atoms with Gasteiger partial charge >= 0.3 is 6.03 Å². The maximum Gasteiger partial charge on any atom is 0.319 e. The second kappa shape index (κ2) is 7.23. The lowest BCUT2D eigenvalue weighted by Crippen LogP contribution is -2.40. The highest BCUT2D eigenvalue weighted by molar-refractivity contribution is 7.10. The first-order valence-electron chi connectivity index (χ1n) is 8.07. The van der Waals surface area contributed by atoms with Crippen LogP contribution in [0.2, 0.25) is 0 Å². The molecule has 1 fully saturated rings. The Morgan fingerprint density at radius 2 is 2.12 bits per heavy atom. The van der Waals surface area contributed by atoms with E-state index in [0.29, 0.717) is 24.0 Å². The van der Waals surface area contributed by atoms with Crippen LogP contribution in [0.3, 0.4) is 0 Å². The van der Waals surface area contributed by atoms with E-state index in [1.165, 1.54) is 24.2 Å². The van der Waals surface area contributed by atoms with Gasteiger partial charge in [-0.25, -0.2) is 4.79 Å². The van der Waals surface area contributed by atoms with Crippen LogP contribution in [0, 0.1) is 5.92 Å². The summed E-state index contributed by atoms with van der Waals surface area (Å²) in [6.07, 6.45) is 2.43. The summed E-state index contributed by atoms with van der Waals surface area (Å²) < 4.78 is 5.78. The molecule has 24 heavy (non-hydrogen) atoms. The van der Waals surface area contributed by atoms with Gasteiger partial charge in [-0.1, -0.05) is 18.2 Å². The van der Waals surface area contributed by atoms with E-state index in [2.05, 4.69) is 10.6 Å². The van der Waals surface area contributed by atoms with Crippen molar-refractivity contribution in [1.82, 2.24) is 5.32 Å². The number of nitrogens with one attached hydrogen (secondary N) is 2. The molecule has 1 aromatic heterocycles. The Hall–Kier alpha value is -2.05. The van der Waals surface area contributed by atoms with E-state index in [4.69, 9.17) is 4.74 Å². The van der Waals surface area contributed by atoms with Crippen molar-refractivity contribution >= 4 is 23.1 Å². The lowest BCUT2D eigenvalue weighted by molar-refractivity contribution is 0.0637. The van der Waals surface area contributed by atoms with Crippen LogP contribution < -0.4 is 15.4 Å². The number of benzene rings is 1. The molecule has 0 aliphatic heterocycles. The van der Waals surface area contributed by atoms with Gasteiger partial charge in [0, 0.05) is 4.88 Å². The van der Waals surface area contributed by atoms with Gasteiger partial charge in [-0.2, -0.15) is 0 Å². The number of rotatable bonds is 7. The number of hydrogen-bond acceptors (Lipinski definition) is 4. The Labute approximate surface area is 145 Å². The molecule has 1 atom stereocenters. The molecular weight excluding hydrogens is 324 g/mol. The Kier molecular flexibility index (Phi) is 5.06. The molecule has 128 valence electrons. The molecule has 1 unspecified atom stereocenters. The number of carbonyl (C=O) groups excluding carboxylic acids is 1. The summed E-state index contributed by atoms with van der Waals surface area (Å²) in [7, 11) is 0. The number of hydrogen-bond donors (Lipinski definition) is 3. The number of ether oxygens (including phenoxy) is 1. The number of aliphatic hydroxyl groups is 1. The van der Waals surface area contributed by atoms with Gasteiger partial charge in [0.25, 0.3) is 0 Å². The molecule has 0 saturated heterocycles. The maximum absolute atomic E-state index is 12.1. The average Bonchev–Trinajstić information content (AvgIpc) is 3.22. The van der Waals surface area contributed by atoms with Crippen LogP contribution >= 0.6 is 11.3 Å². The third-order valence-electron chi connectivity index (χ3n) is 3.95. The molecule has 2 aromatic rings. The first-order chi connectivity index (χ1) is 11.5. The summed E-state index contributed by atoms with van der Waals surface area (Å²) in [5.41, 5.74) is -0.459. The summed E-state index contributed by atoms with van der Waals surface area (Å²) in [6.45, 7) is 2.50. The molecule has 0 spiro atoms. The molecule has 5 nitrogen and oxygen atoms in total. The third-order valence-corrected chi connectivity index (χ3v) is 5.07. The van der Waals surface area contributed by atoms with Gasteiger partial charge in [0.1, 0.15) is 11.4 Å². The first kappa shape index (κ1) is 16.8. The van der Waals surface area contributed by atoms with Crippen LogP contribution in [0.25, 0.3) is 0 Å². The van der Waals surface area contributed by atoms with Crippen molar-refractivity contribution in [3.05, 3.63) is 46.7 Å². The summed E-state index contributed by atoms with van der Waals surface area (Å²) in [4.78, 5) is 13.0. The molecule has 1 aliphatic rings. The van der Waals surface area contributed by atoms with Crippen molar-refractivity contribution < 1.29 is 14.6 Å². The third kappa shape index (κ3) is 4.49. The molecule has 2 amide bonds. The van der Waals surface area contributed by atoms with Crippen molar-refractivity contribution in [1.29, 1.82) is 0 Å². The summed E-state index contributed by atoms with van der Waals surface area (Å²) >= 11 is 1.46. The zero-order chi connectivity index (χ0) is 17.0. The zero-order valence-electron chi connectivity index (χ0n) is 13.6. The van der Waals surface area contributed by atoms with Crippen LogP contribution in [0.1, 0.15) is 24.6 Å². The van der Waals surface area contributed by atoms with Gasteiger partial charge in [-0.15, -0.1) is 11.3 Å². The lowest BCUT2D eigenvalue weighted by Gasteiger charge is -2.22. The first-order valence-corrected chi connectivity index (χ1v) is 8.95. The Morgan fingerprint density at radius 3 is 2.83 bits per heavy atom. The molecule has 0 bridgehead atoms. The van der Waals surface area contributed by atoms with Crippen molar-refractivity contribution in [3.63, 3.8) is 0 Å². The number of para-hydroxylation sites is 2. The van der Waals surface area contributed by atoms with Crippen LogP contribution in [0.4, 0.5) is 10.5 Å². The predicted octanol–water partition coefficient (Wildman–Crippen LogP) is 3.57. The largest absolute Gasteiger partial charge is 0.491 e. The SMILES string of the molecule is CC(O)(CNC(=O)Nc1ccccc1OCC1CC1)c1cccs1. The molecule has 1 saturated carbocycles. The Balaban J connectivity index is 1.54. The van der Waals surface area contributed by atoms with E-state index in [9.17, 15) is 9.90 Å². The fourth-order valence-corrected chi connectivity index (χ4v) is 3.07. The standard InChI is InChI=1S/C18H22N2O3S/c1-18(22,16-7-4-10-24-16)12-19-17(21)20-14-5-2-3-6-15(14)23-11-13-8-9-13/h2-7,10,13,22H,8-9,11-12H2,1H3,(H2,19,20,21). The summed E-state index contributed by atoms with van der Waals surface area (Å²) in [5, 5.41) is 17.8.